The second-order valence-corrected chi connectivity index (χ2v) is 10.4. The second kappa shape index (κ2) is 10.9. The zero-order valence-corrected chi connectivity index (χ0v) is 21.3. The molecule has 2 heterocycles. The lowest BCUT2D eigenvalue weighted by Crippen LogP contribution is -2.53. The molecule has 2 aliphatic rings. The molecule has 5 rings (SSSR count). The van der Waals surface area contributed by atoms with Crippen molar-refractivity contribution in [2.24, 2.45) is 0 Å². The number of hydrogen-bond acceptors (Lipinski definition) is 3. The highest BCUT2D eigenvalue weighted by atomic mass is 35.5. The predicted molar refractivity (Wildman–Crippen MR) is 139 cm³/mol. The molecule has 1 atom stereocenters. The summed E-state index contributed by atoms with van der Waals surface area (Å²) in [6.07, 6.45) is 3.50. The number of hydrogen-bond donors (Lipinski definition) is 0. The van der Waals surface area contributed by atoms with Crippen molar-refractivity contribution < 1.29 is 18.3 Å². The maximum absolute atomic E-state index is 14.0. The monoisotopic (exact) mass is 511 g/mol. The van der Waals surface area contributed by atoms with Crippen LogP contribution in [0.15, 0.2) is 66.7 Å². The number of nitrogens with zero attached hydrogens (tertiary/aromatic N) is 1. The molecule has 1 spiro atoms. The van der Waals surface area contributed by atoms with Gasteiger partial charge in [0.1, 0.15) is 29.1 Å². The Kier molecular flexibility index (Phi) is 7.61. The minimum Gasteiger partial charge on any atom is -0.487 e. The summed E-state index contributed by atoms with van der Waals surface area (Å²) >= 11 is 6.17. The number of piperidine rings is 1. The molecule has 0 radical (unpaired) electrons. The van der Waals surface area contributed by atoms with Crippen molar-refractivity contribution in [1.29, 1.82) is 0 Å². The number of likely N-dealkylation sites (tertiary alicyclic amines) is 1. The molecule has 1 saturated heterocycles. The van der Waals surface area contributed by atoms with Crippen molar-refractivity contribution in [3.8, 4) is 5.75 Å². The van der Waals surface area contributed by atoms with E-state index in [0.29, 0.717) is 11.6 Å². The van der Waals surface area contributed by atoms with Gasteiger partial charge in [-0.05, 0) is 92.7 Å². The Morgan fingerprint density at radius 3 is 2.28 bits per heavy atom. The average molecular weight is 512 g/mol. The number of benzene rings is 3. The van der Waals surface area contributed by atoms with Gasteiger partial charge in [-0.15, -0.1) is 0 Å². The van der Waals surface area contributed by atoms with Crippen LogP contribution in [0, 0.1) is 11.6 Å². The molecule has 1 unspecified atom stereocenters. The van der Waals surface area contributed by atoms with Gasteiger partial charge in [0.05, 0.1) is 6.61 Å². The van der Waals surface area contributed by atoms with Gasteiger partial charge in [-0.1, -0.05) is 35.9 Å². The lowest BCUT2D eigenvalue weighted by molar-refractivity contribution is -0.136. The summed E-state index contributed by atoms with van der Waals surface area (Å²) < 4.78 is 40.7. The number of rotatable bonds is 6. The molecule has 2 aliphatic heterocycles. The first kappa shape index (κ1) is 25.2. The summed E-state index contributed by atoms with van der Waals surface area (Å²) in [5.74, 6) is 0.280. The minimum absolute atomic E-state index is 0.0449. The second-order valence-electron chi connectivity index (χ2n) is 10.0. The van der Waals surface area contributed by atoms with Crippen molar-refractivity contribution in [3.05, 3.63) is 100 Å². The third kappa shape index (κ3) is 5.59. The van der Waals surface area contributed by atoms with Crippen LogP contribution in [0.3, 0.4) is 0 Å². The molecular weight excluding hydrogens is 480 g/mol. The molecule has 190 valence electrons. The fourth-order valence-corrected chi connectivity index (χ4v) is 5.80. The van der Waals surface area contributed by atoms with Gasteiger partial charge in [-0.25, -0.2) is 8.78 Å². The third-order valence-corrected chi connectivity index (χ3v) is 7.99. The van der Waals surface area contributed by atoms with Crippen LogP contribution < -0.4 is 4.74 Å². The Balaban J connectivity index is 1.20. The first-order valence-corrected chi connectivity index (χ1v) is 13.1. The van der Waals surface area contributed by atoms with Gasteiger partial charge in [0.25, 0.3) is 0 Å². The molecular formula is C30H32ClF2NO2. The molecule has 0 aliphatic carbocycles. The van der Waals surface area contributed by atoms with Gasteiger partial charge in [0.15, 0.2) is 0 Å². The summed E-state index contributed by atoms with van der Waals surface area (Å²) in [5, 5.41) is 0.689. The van der Waals surface area contributed by atoms with E-state index < -0.39 is 0 Å². The number of halogens is 3. The van der Waals surface area contributed by atoms with Crippen LogP contribution in [0.2, 0.25) is 5.02 Å². The largest absolute Gasteiger partial charge is 0.487 e. The SMILES string of the molecule is CC1Oc2ccc(Cl)cc2COC12CCN(CCCC(c1cccc(F)c1)c1cccc(F)c1)CC2. The summed E-state index contributed by atoms with van der Waals surface area (Å²) in [6, 6.07) is 19.0. The first-order chi connectivity index (χ1) is 17.4. The molecule has 6 heteroatoms. The van der Waals surface area contributed by atoms with E-state index in [-0.39, 0.29) is 29.3 Å². The van der Waals surface area contributed by atoms with E-state index >= 15 is 0 Å². The Hall–Kier alpha value is -2.47. The Morgan fingerprint density at radius 1 is 0.972 bits per heavy atom. The van der Waals surface area contributed by atoms with Gasteiger partial charge in [-0.2, -0.15) is 0 Å². The highest BCUT2D eigenvalue weighted by molar-refractivity contribution is 6.30. The molecule has 0 bridgehead atoms. The maximum Gasteiger partial charge on any atom is 0.125 e. The zero-order valence-electron chi connectivity index (χ0n) is 20.6. The Bertz CT molecular complexity index is 1150. The average Bonchev–Trinajstić information content (AvgIpc) is 2.99. The standard InChI is InChI=1S/C30H32ClF2NO2/c1-21-30(35-20-24-17-25(31)10-11-29(24)36-21)12-15-34(16-13-30)14-4-9-28(22-5-2-7-26(32)18-22)23-6-3-8-27(33)19-23/h2-3,5-8,10-11,17-19,21,28H,4,9,12-16,20H2,1H3. The van der Waals surface area contributed by atoms with Crippen molar-refractivity contribution in [2.45, 2.75) is 56.8 Å². The molecule has 0 N–H and O–H groups in total. The molecule has 3 aromatic rings. The highest BCUT2D eigenvalue weighted by Gasteiger charge is 2.43. The molecule has 0 amide bonds. The summed E-state index contributed by atoms with van der Waals surface area (Å²) in [7, 11) is 0. The van der Waals surface area contributed by atoms with Gasteiger partial charge in [0, 0.05) is 29.6 Å². The molecule has 0 aromatic heterocycles. The number of ether oxygens (including phenoxy) is 2. The fourth-order valence-electron chi connectivity index (χ4n) is 5.61. The van der Waals surface area contributed by atoms with E-state index in [1.807, 2.05) is 30.3 Å². The van der Waals surface area contributed by atoms with Crippen LogP contribution >= 0.6 is 11.6 Å². The molecule has 36 heavy (non-hydrogen) atoms. The van der Waals surface area contributed by atoms with Gasteiger partial charge in [-0.3, -0.25) is 0 Å². The molecule has 3 nitrogen and oxygen atoms in total. The third-order valence-electron chi connectivity index (χ3n) is 7.75. The topological polar surface area (TPSA) is 21.7 Å². The summed E-state index contributed by atoms with van der Waals surface area (Å²) in [5.41, 5.74) is 2.45. The van der Waals surface area contributed by atoms with E-state index in [1.54, 1.807) is 24.3 Å². The van der Waals surface area contributed by atoms with Crippen LogP contribution in [0.25, 0.3) is 0 Å². The molecule has 0 saturated carbocycles. The lowest BCUT2D eigenvalue weighted by Gasteiger charge is -2.43. The van der Waals surface area contributed by atoms with Gasteiger partial charge < -0.3 is 14.4 Å². The van der Waals surface area contributed by atoms with Gasteiger partial charge in [0.2, 0.25) is 0 Å². The molecule has 3 aromatic carbocycles. The van der Waals surface area contributed by atoms with Crippen LogP contribution in [-0.4, -0.2) is 36.2 Å². The lowest BCUT2D eigenvalue weighted by atomic mass is 9.85. The maximum atomic E-state index is 14.0. The van der Waals surface area contributed by atoms with Crippen molar-refractivity contribution in [3.63, 3.8) is 0 Å². The van der Waals surface area contributed by atoms with Crippen molar-refractivity contribution >= 4 is 11.6 Å². The predicted octanol–water partition coefficient (Wildman–Crippen LogP) is 7.36. The first-order valence-electron chi connectivity index (χ1n) is 12.7. The fraction of sp³-hybridized carbons (Fsp3) is 0.400. The van der Waals surface area contributed by atoms with E-state index in [0.717, 1.165) is 67.8 Å². The zero-order chi connectivity index (χ0) is 25.1. The summed E-state index contributed by atoms with van der Waals surface area (Å²) in [4.78, 5) is 2.46. The normalized spacial score (nSPS) is 19.6. The highest BCUT2D eigenvalue weighted by Crippen LogP contribution is 2.39. The van der Waals surface area contributed by atoms with Crippen molar-refractivity contribution in [1.82, 2.24) is 4.90 Å². The van der Waals surface area contributed by atoms with E-state index in [9.17, 15) is 8.78 Å². The van der Waals surface area contributed by atoms with Crippen LogP contribution in [0.4, 0.5) is 8.78 Å². The minimum atomic E-state index is -0.312. The summed E-state index contributed by atoms with van der Waals surface area (Å²) in [6.45, 7) is 5.39. The van der Waals surface area contributed by atoms with E-state index in [2.05, 4.69) is 11.8 Å². The van der Waals surface area contributed by atoms with E-state index in [1.165, 1.54) is 12.1 Å². The molecule has 1 fully saturated rings. The Labute approximate surface area is 217 Å². The van der Waals surface area contributed by atoms with E-state index in [4.69, 9.17) is 21.1 Å². The Morgan fingerprint density at radius 2 is 1.64 bits per heavy atom. The van der Waals surface area contributed by atoms with Crippen LogP contribution in [0.1, 0.15) is 55.2 Å². The van der Waals surface area contributed by atoms with Crippen LogP contribution in [0.5, 0.6) is 5.75 Å². The van der Waals surface area contributed by atoms with Crippen molar-refractivity contribution in [2.75, 3.05) is 19.6 Å². The van der Waals surface area contributed by atoms with Gasteiger partial charge >= 0.3 is 0 Å². The quantitative estimate of drug-likeness (QED) is 0.345. The number of fused-ring (bicyclic) bond motifs is 1. The van der Waals surface area contributed by atoms with Crippen LogP contribution in [-0.2, 0) is 11.3 Å². The smallest absolute Gasteiger partial charge is 0.125 e.